The van der Waals surface area contributed by atoms with Gasteiger partial charge in [0.25, 0.3) is 5.91 Å². The maximum Gasteiger partial charge on any atom is 0.311 e. The predicted molar refractivity (Wildman–Crippen MR) is 74.8 cm³/mol. The van der Waals surface area contributed by atoms with Crippen LogP contribution in [0.25, 0.3) is 0 Å². The topological polar surface area (TPSA) is 81.2 Å². The molecular weight excluding hydrogens is 278 g/mol. The Bertz CT molecular complexity index is 639. The fraction of sp³-hybridized carbons (Fsp3) is 0.231. The summed E-state index contributed by atoms with van der Waals surface area (Å²) < 4.78 is 4.56. The van der Waals surface area contributed by atoms with Crippen LogP contribution in [0.5, 0.6) is 0 Å². The molecular formula is C13H13N3O3S. The maximum atomic E-state index is 12.0. The van der Waals surface area contributed by atoms with Gasteiger partial charge in [-0.25, -0.2) is 4.98 Å². The van der Waals surface area contributed by atoms with Crippen LogP contribution in [0.3, 0.4) is 0 Å². The lowest BCUT2D eigenvalue weighted by molar-refractivity contribution is -0.139. The SMILES string of the molecule is COC(=O)Cc1csc(NC(=O)c2ccnc(C)c2)n1. The van der Waals surface area contributed by atoms with E-state index in [1.165, 1.54) is 18.4 Å². The van der Waals surface area contributed by atoms with Crippen LogP contribution < -0.4 is 5.32 Å². The number of hydrogen-bond acceptors (Lipinski definition) is 6. The van der Waals surface area contributed by atoms with Crippen LogP contribution in [0.2, 0.25) is 0 Å². The fourth-order valence-corrected chi connectivity index (χ4v) is 2.23. The summed E-state index contributed by atoms with van der Waals surface area (Å²) in [6, 6.07) is 3.32. The molecule has 0 atom stereocenters. The van der Waals surface area contributed by atoms with E-state index >= 15 is 0 Å². The summed E-state index contributed by atoms with van der Waals surface area (Å²) >= 11 is 1.26. The molecule has 0 saturated heterocycles. The summed E-state index contributed by atoms with van der Waals surface area (Å²) in [7, 11) is 1.32. The second-order valence-corrected chi connectivity index (χ2v) is 4.90. The molecule has 0 fully saturated rings. The molecule has 0 spiro atoms. The van der Waals surface area contributed by atoms with Crippen LogP contribution in [-0.4, -0.2) is 29.0 Å². The number of aromatic nitrogens is 2. The van der Waals surface area contributed by atoms with Gasteiger partial charge in [0.15, 0.2) is 5.13 Å². The number of carbonyl (C=O) groups excluding carboxylic acids is 2. The molecule has 0 bridgehead atoms. The highest BCUT2D eigenvalue weighted by molar-refractivity contribution is 7.14. The van der Waals surface area contributed by atoms with Gasteiger partial charge >= 0.3 is 5.97 Å². The summed E-state index contributed by atoms with van der Waals surface area (Å²) in [5.74, 6) is -0.618. The van der Waals surface area contributed by atoms with Crippen LogP contribution in [0.1, 0.15) is 21.7 Å². The van der Waals surface area contributed by atoms with Crippen molar-refractivity contribution in [1.82, 2.24) is 9.97 Å². The number of methoxy groups -OCH3 is 1. The number of nitrogens with zero attached hydrogens (tertiary/aromatic N) is 2. The number of aryl methyl sites for hydroxylation is 1. The number of esters is 1. The molecule has 0 aliphatic rings. The second-order valence-electron chi connectivity index (χ2n) is 4.04. The number of amides is 1. The van der Waals surface area contributed by atoms with E-state index in [1.54, 1.807) is 23.7 Å². The van der Waals surface area contributed by atoms with Gasteiger partial charge in [0, 0.05) is 22.8 Å². The first kappa shape index (κ1) is 14.1. The molecule has 0 unspecified atom stereocenters. The summed E-state index contributed by atoms with van der Waals surface area (Å²) in [6.07, 6.45) is 1.67. The van der Waals surface area contributed by atoms with E-state index in [0.717, 1.165) is 5.69 Å². The zero-order chi connectivity index (χ0) is 14.5. The Kier molecular flexibility index (Phi) is 4.41. The molecule has 1 amide bonds. The first-order valence-electron chi connectivity index (χ1n) is 5.83. The summed E-state index contributed by atoms with van der Waals surface area (Å²) in [5, 5.41) is 4.85. The van der Waals surface area contributed by atoms with E-state index in [9.17, 15) is 9.59 Å². The molecule has 1 N–H and O–H groups in total. The third kappa shape index (κ3) is 3.61. The van der Waals surface area contributed by atoms with Gasteiger partial charge in [-0.2, -0.15) is 0 Å². The number of carbonyl (C=O) groups is 2. The molecule has 7 heteroatoms. The Morgan fingerprint density at radius 2 is 2.25 bits per heavy atom. The van der Waals surface area contributed by atoms with E-state index in [2.05, 4.69) is 20.0 Å². The van der Waals surface area contributed by atoms with Gasteiger partial charge in [0.05, 0.1) is 19.2 Å². The van der Waals surface area contributed by atoms with Crippen molar-refractivity contribution in [2.45, 2.75) is 13.3 Å². The number of nitrogens with one attached hydrogen (secondary N) is 1. The van der Waals surface area contributed by atoms with Gasteiger partial charge in [-0.05, 0) is 19.1 Å². The molecule has 0 aliphatic carbocycles. The molecule has 2 aromatic heterocycles. The summed E-state index contributed by atoms with van der Waals surface area (Å²) in [4.78, 5) is 31.3. The Morgan fingerprint density at radius 1 is 1.45 bits per heavy atom. The van der Waals surface area contributed by atoms with E-state index < -0.39 is 0 Å². The van der Waals surface area contributed by atoms with Crippen LogP contribution in [0.4, 0.5) is 5.13 Å². The number of ether oxygens (including phenoxy) is 1. The second kappa shape index (κ2) is 6.25. The lowest BCUT2D eigenvalue weighted by Crippen LogP contribution is -2.12. The third-order valence-electron chi connectivity index (χ3n) is 2.48. The van der Waals surface area contributed by atoms with Crippen LogP contribution in [0.15, 0.2) is 23.7 Å². The van der Waals surface area contributed by atoms with E-state index in [4.69, 9.17) is 0 Å². The van der Waals surface area contributed by atoms with Crippen LogP contribution in [0, 0.1) is 6.92 Å². The summed E-state index contributed by atoms with van der Waals surface area (Å²) in [6.45, 7) is 1.81. The number of anilines is 1. The first-order chi connectivity index (χ1) is 9.58. The maximum absolute atomic E-state index is 12.0. The molecule has 6 nitrogen and oxygen atoms in total. The van der Waals surface area contributed by atoms with Gasteiger partial charge in [-0.3, -0.25) is 19.9 Å². The van der Waals surface area contributed by atoms with Crippen molar-refractivity contribution in [3.8, 4) is 0 Å². The Labute approximate surface area is 119 Å². The standard InChI is InChI=1S/C13H13N3O3S/c1-8-5-9(3-4-14-8)12(18)16-13-15-10(7-20-13)6-11(17)19-2/h3-5,7H,6H2,1-2H3,(H,15,16,18). The Balaban J connectivity index is 2.03. The number of rotatable bonds is 4. The van der Waals surface area contributed by atoms with Gasteiger partial charge in [-0.15, -0.1) is 11.3 Å². The van der Waals surface area contributed by atoms with Crippen molar-refractivity contribution in [1.29, 1.82) is 0 Å². The molecule has 0 radical (unpaired) electrons. The number of pyridine rings is 1. The Hall–Kier alpha value is -2.28. The monoisotopic (exact) mass is 291 g/mol. The van der Waals surface area contributed by atoms with E-state index in [1.807, 2.05) is 6.92 Å². The van der Waals surface area contributed by atoms with Crippen molar-refractivity contribution < 1.29 is 14.3 Å². The van der Waals surface area contributed by atoms with E-state index in [0.29, 0.717) is 16.4 Å². The molecule has 0 aliphatic heterocycles. The largest absolute Gasteiger partial charge is 0.469 e. The summed E-state index contributed by atoms with van der Waals surface area (Å²) in [5.41, 5.74) is 1.86. The predicted octanol–water partition coefficient (Wildman–Crippen LogP) is 1.81. The van der Waals surface area contributed by atoms with Crippen molar-refractivity contribution >= 4 is 28.3 Å². The highest BCUT2D eigenvalue weighted by Gasteiger charge is 2.11. The van der Waals surface area contributed by atoms with Crippen molar-refractivity contribution in [3.63, 3.8) is 0 Å². The number of hydrogen-bond donors (Lipinski definition) is 1. The minimum Gasteiger partial charge on any atom is -0.469 e. The molecule has 2 aromatic rings. The normalized spacial score (nSPS) is 10.1. The minimum absolute atomic E-state index is 0.0945. The van der Waals surface area contributed by atoms with Gasteiger partial charge in [0.1, 0.15) is 0 Å². The molecule has 0 saturated carbocycles. The van der Waals surface area contributed by atoms with Crippen molar-refractivity contribution in [2.75, 3.05) is 12.4 Å². The van der Waals surface area contributed by atoms with E-state index in [-0.39, 0.29) is 18.3 Å². The van der Waals surface area contributed by atoms with Crippen LogP contribution in [-0.2, 0) is 16.0 Å². The smallest absolute Gasteiger partial charge is 0.311 e. The van der Waals surface area contributed by atoms with Gasteiger partial charge < -0.3 is 4.74 Å². The first-order valence-corrected chi connectivity index (χ1v) is 6.71. The quantitative estimate of drug-likeness (QED) is 0.869. The molecule has 0 aromatic carbocycles. The van der Waals surface area contributed by atoms with Crippen LogP contribution >= 0.6 is 11.3 Å². The van der Waals surface area contributed by atoms with Gasteiger partial charge in [-0.1, -0.05) is 0 Å². The lowest BCUT2D eigenvalue weighted by Gasteiger charge is -2.02. The van der Waals surface area contributed by atoms with Crippen molar-refractivity contribution in [2.24, 2.45) is 0 Å². The lowest BCUT2D eigenvalue weighted by atomic mass is 10.2. The molecule has 20 heavy (non-hydrogen) atoms. The molecule has 2 heterocycles. The van der Waals surface area contributed by atoms with Gasteiger partial charge in [0.2, 0.25) is 0 Å². The molecule has 104 valence electrons. The zero-order valence-corrected chi connectivity index (χ0v) is 11.9. The fourth-order valence-electron chi connectivity index (χ4n) is 1.52. The highest BCUT2D eigenvalue weighted by atomic mass is 32.1. The zero-order valence-electron chi connectivity index (χ0n) is 11.0. The third-order valence-corrected chi connectivity index (χ3v) is 3.29. The average molecular weight is 291 g/mol. The number of thiazole rings is 1. The minimum atomic E-state index is -0.363. The Morgan fingerprint density at radius 3 is 2.95 bits per heavy atom. The van der Waals surface area contributed by atoms with Crippen molar-refractivity contribution in [3.05, 3.63) is 40.7 Å². The highest BCUT2D eigenvalue weighted by Crippen LogP contribution is 2.17. The average Bonchev–Trinajstić information content (AvgIpc) is 2.85. The molecule has 2 rings (SSSR count).